The van der Waals surface area contributed by atoms with E-state index in [2.05, 4.69) is 38.8 Å². The summed E-state index contributed by atoms with van der Waals surface area (Å²) in [6.07, 6.45) is 6.59. The number of halogens is 1. The summed E-state index contributed by atoms with van der Waals surface area (Å²) in [6.45, 7) is 6.15. The Morgan fingerprint density at radius 1 is 1.53 bits per heavy atom. The number of aromatic nitrogens is 1. The smallest absolute Gasteiger partial charge is 0.0702 e. The lowest BCUT2D eigenvalue weighted by Gasteiger charge is -2.23. The molecule has 0 N–H and O–H groups in total. The first-order chi connectivity index (χ1) is 8.28. The van der Waals surface area contributed by atoms with Gasteiger partial charge in [-0.2, -0.15) is 0 Å². The number of pyridine rings is 1. The molecule has 1 atom stereocenters. The van der Waals surface area contributed by atoms with Crippen molar-refractivity contribution in [2.45, 2.75) is 32.4 Å². The molecule has 1 fully saturated rings. The number of ether oxygens (including phenoxy) is 1. The standard InChI is InChI=1S/C13H19BrN2O/c1-2-16(10-13-4-3-5-17-13)9-11-6-12(14)8-15-7-11/h6-8,13H,2-5,9-10H2,1H3. The maximum absolute atomic E-state index is 5.68. The predicted molar refractivity (Wildman–Crippen MR) is 71.9 cm³/mol. The van der Waals surface area contributed by atoms with Crippen LogP contribution >= 0.6 is 15.9 Å². The molecular formula is C13H19BrN2O. The van der Waals surface area contributed by atoms with Crippen molar-refractivity contribution in [3.8, 4) is 0 Å². The molecule has 0 spiro atoms. The van der Waals surface area contributed by atoms with Gasteiger partial charge in [0.1, 0.15) is 0 Å². The highest BCUT2D eigenvalue weighted by Crippen LogP contribution is 2.16. The number of hydrogen-bond acceptors (Lipinski definition) is 3. The van der Waals surface area contributed by atoms with Crippen LogP contribution in [0.25, 0.3) is 0 Å². The van der Waals surface area contributed by atoms with Crippen molar-refractivity contribution in [3.63, 3.8) is 0 Å². The zero-order chi connectivity index (χ0) is 12.1. The zero-order valence-corrected chi connectivity index (χ0v) is 11.8. The third kappa shape index (κ3) is 4.05. The molecule has 0 radical (unpaired) electrons. The normalized spacial score (nSPS) is 20.1. The van der Waals surface area contributed by atoms with Gasteiger partial charge in [0.05, 0.1) is 6.10 Å². The van der Waals surface area contributed by atoms with Crippen LogP contribution in [-0.2, 0) is 11.3 Å². The third-order valence-electron chi connectivity index (χ3n) is 3.10. The molecule has 94 valence electrons. The van der Waals surface area contributed by atoms with Crippen molar-refractivity contribution in [3.05, 3.63) is 28.5 Å². The van der Waals surface area contributed by atoms with Gasteiger partial charge in [0.2, 0.25) is 0 Å². The van der Waals surface area contributed by atoms with Gasteiger partial charge in [-0.3, -0.25) is 9.88 Å². The van der Waals surface area contributed by atoms with Crippen molar-refractivity contribution >= 4 is 15.9 Å². The van der Waals surface area contributed by atoms with Gasteiger partial charge in [-0.25, -0.2) is 0 Å². The highest BCUT2D eigenvalue weighted by atomic mass is 79.9. The van der Waals surface area contributed by atoms with E-state index < -0.39 is 0 Å². The van der Waals surface area contributed by atoms with Crippen molar-refractivity contribution in [2.75, 3.05) is 19.7 Å². The van der Waals surface area contributed by atoms with E-state index >= 15 is 0 Å². The Balaban J connectivity index is 1.90. The number of rotatable bonds is 5. The third-order valence-corrected chi connectivity index (χ3v) is 3.53. The average Bonchev–Trinajstić information content (AvgIpc) is 2.81. The Bertz CT molecular complexity index is 353. The summed E-state index contributed by atoms with van der Waals surface area (Å²) in [5, 5.41) is 0. The first-order valence-electron chi connectivity index (χ1n) is 6.21. The van der Waals surface area contributed by atoms with Gasteiger partial charge < -0.3 is 4.74 Å². The summed E-state index contributed by atoms with van der Waals surface area (Å²) in [6, 6.07) is 2.13. The van der Waals surface area contributed by atoms with Crippen LogP contribution in [-0.4, -0.2) is 35.7 Å². The molecule has 1 aromatic heterocycles. The fraction of sp³-hybridized carbons (Fsp3) is 0.615. The SMILES string of the molecule is CCN(Cc1cncc(Br)c1)CC1CCCO1. The van der Waals surface area contributed by atoms with Crippen LogP contribution in [0.1, 0.15) is 25.3 Å². The maximum atomic E-state index is 5.68. The molecular weight excluding hydrogens is 280 g/mol. The highest BCUT2D eigenvalue weighted by Gasteiger charge is 2.18. The largest absolute Gasteiger partial charge is 0.377 e. The number of nitrogens with zero attached hydrogens (tertiary/aromatic N) is 2. The molecule has 0 aliphatic carbocycles. The van der Waals surface area contributed by atoms with E-state index in [-0.39, 0.29) is 0 Å². The summed E-state index contributed by atoms with van der Waals surface area (Å²) in [5.41, 5.74) is 1.25. The quantitative estimate of drug-likeness (QED) is 0.836. The van der Waals surface area contributed by atoms with Gasteiger partial charge in [-0.05, 0) is 46.9 Å². The molecule has 3 nitrogen and oxygen atoms in total. The number of likely N-dealkylation sites (N-methyl/N-ethyl adjacent to an activating group) is 1. The van der Waals surface area contributed by atoms with Gasteiger partial charge in [0.25, 0.3) is 0 Å². The van der Waals surface area contributed by atoms with Crippen molar-refractivity contribution < 1.29 is 4.74 Å². The zero-order valence-electron chi connectivity index (χ0n) is 10.2. The molecule has 0 bridgehead atoms. The van der Waals surface area contributed by atoms with Crippen LogP contribution in [0, 0.1) is 0 Å². The van der Waals surface area contributed by atoms with Crippen molar-refractivity contribution in [1.29, 1.82) is 0 Å². The summed E-state index contributed by atoms with van der Waals surface area (Å²) < 4.78 is 6.72. The van der Waals surface area contributed by atoms with Crippen LogP contribution in [0.5, 0.6) is 0 Å². The van der Waals surface area contributed by atoms with Gasteiger partial charge >= 0.3 is 0 Å². The van der Waals surface area contributed by atoms with E-state index in [1.54, 1.807) is 0 Å². The molecule has 1 aromatic rings. The summed E-state index contributed by atoms with van der Waals surface area (Å²) in [5.74, 6) is 0. The molecule has 0 aromatic carbocycles. The van der Waals surface area contributed by atoms with E-state index in [0.717, 1.165) is 30.7 Å². The summed E-state index contributed by atoms with van der Waals surface area (Å²) in [7, 11) is 0. The monoisotopic (exact) mass is 298 g/mol. The lowest BCUT2D eigenvalue weighted by atomic mass is 10.2. The van der Waals surface area contributed by atoms with E-state index in [0.29, 0.717) is 6.10 Å². The lowest BCUT2D eigenvalue weighted by Crippen LogP contribution is -2.31. The first-order valence-corrected chi connectivity index (χ1v) is 7.00. The average molecular weight is 299 g/mol. The van der Waals surface area contributed by atoms with Crippen LogP contribution in [0.3, 0.4) is 0 Å². The van der Waals surface area contributed by atoms with Crippen LogP contribution in [0.2, 0.25) is 0 Å². The van der Waals surface area contributed by atoms with Gasteiger partial charge in [-0.1, -0.05) is 6.92 Å². The molecule has 4 heteroatoms. The summed E-state index contributed by atoms with van der Waals surface area (Å²) >= 11 is 3.46. The fourth-order valence-corrected chi connectivity index (χ4v) is 2.59. The van der Waals surface area contributed by atoms with E-state index in [4.69, 9.17) is 4.74 Å². The van der Waals surface area contributed by atoms with Crippen LogP contribution in [0.15, 0.2) is 22.9 Å². The summed E-state index contributed by atoms with van der Waals surface area (Å²) in [4.78, 5) is 6.61. The molecule has 1 unspecified atom stereocenters. The molecule has 0 amide bonds. The van der Waals surface area contributed by atoms with E-state index in [9.17, 15) is 0 Å². The highest BCUT2D eigenvalue weighted by molar-refractivity contribution is 9.10. The Kier molecular flexibility index (Phi) is 4.95. The van der Waals surface area contributed by atoms with E-state index in [1.807, 2.05) is 12.4 Å². The molecule has 2 heterocycles. The lowest BCUT2D eigenvalue weighted by molar-refractivity contribution is 0.0724. The minimum atomic E-state index is 0.426. The first kappa shape index (κ1) is 13.0. The second-order valence-corrected chi connectivity index (χ2v) is 5.39. The second kappa shape index (κ2) is 6.47. The molecule has 17 heavy (non-hydrogen) atoms. The Morgan fingerprint density at radius 2 is 2.41 bits per heavy atom. The predicted octanol–water partition coefficient (Wildman–Crippen LogP) is 2.85. The molecule has 2 rings (SSSR count). The molecule has 0 saturated carbocycles. The van der Waals surface area contributed by atoms with Crippen LogP contribution < -0.4 is 0 Å². The molecule has 1 saturated heterocycles. The minimum absolute atomic E-state index is 0.426. The van der Waals surface area contributed by atoms with Crippen LogP contribution in [0.4, 0.5) is 0 Å². The Hall–Kier alpha value is -0.450. The Morgan fingerprint density at radius 3 is 3.06 bits per heavy atom. The molecule has 1 aliphatic rings. The fourth-order valence-electron chi connectivity index (χ4n) is 2.18. The van der Waals surface area contributed by atoms with Crippen molar-refractivity contribution in [1.82, 2.24) is 9.88 Å². The van der Waals surface area contributed by atoms with Crippen molar-refractivity contribution in [2.24, 2.45) is 0 Å². The van der Waals surface area contributed by atoms with Gasteiger partial charge in [0.15, 0.2) is 0 Å². The second-order valence-electron chi connectivity index (χ2n) is 4.47. The minimum Gasteiger partial charge on any atom is -0.377 e. The molecule has 1 aliphatic heterocycles. The topological polar surface area (TPSA) is 25.4 Å². The van der Waals surface area contributed by atoms with Gasteiger partial charge in [0, 0.05) is 36.6 Å². The Labute approximate surface area is 111 Å². The van der Waals surface area contributed by atoms with Gasteiger partial charge in [-0.15, -0.1) is 0 Å². The number of hydrogen-bond donors (Lipinski definition) is 0. The van der Waals surface area contributed by atoms with E-state index in [1.165, 1.54) is 18.4 Å². The maximum Gasteiger partial charge on any atom is 0.0702 e.